The quantitative estimate of drug-likeness (QED) is 0.817. The van der Waals surface area contributed by atoms with Crippen molar-refractivity contribution in [3.63, 3.8) is 0 Å². The number of hydrogen-bond donors (Lipinski definition) is 1. The van der Waals surface area contributed by atoms with Gasteiger partial charge in [0.05, 0.1) is 6.42 Å². The minimum absolute atomic E-state index is 0.00954. The van der Waals surface area contributed by atoms with Gasteiger partial charge in [-0.15, -0.1) is 0 Å². The predicted molar refractivity (Wildman–Crippen MR) is 67.0 cm³/mol. The van der Waals surface area contributed by atoms with E-state index in [-0.39, 0.29) is 17.7 Å². The molecule has 5 nitrogen and oxygen atoms in total. The number of carbonyl (C=O) groups excluding carboxylic acids is 2. The fourth-order valence-electron chi connectivity index (χ4n) is 2.14. The first-order valence-electron chi connectivity index (χ1n) is 6.08. The molecule has 1 amide bonds. The Balaban J connectivity index is 2.05. The standard InChI is InChI=1S/C13H17N3O2/c1-10(17)12-9-15-5-6-16(12)13(18)7-11-3-2-4-14-8-11/h2-4,8,12,15H,5-7,9H2,1H3. The molecule has 1 aliphatic rings. The second-order valence-corrected chi connectivity index (χ2v) is 4.46. The Morgan fingerprint density at radius 2 is 2.39 bits per heavy atom. The van der Waals surface area contributed by atoms with E-state index in [1.807, 2.05) is 12.1 Å². The Morgan fingerprint density at radius 3 is 3.06 bits per heavy atom. The highest BCUT2D eigenvalue weighted by molar-refractivity contribution is 5.88. The maximum Gasteiger partial charge on any atom is 0.227 e. The zero-order valence-electron chi connectivity index (χ0n) is 10.4. The third-order valence-corrected chi connectivity index (χ3v) is 3.11. The van der Waals surface area contributed by atoms with Gasteiger partial charge in [-0.25, -0.2) is 0 Å². The number of piperazine rings is 1. The summed E-state index contributed by atoms with van der Waals surface area (Å²) in [6.07, 6.45) is 3.66. The number of hydrogen-bond acceptors (Lipinski definition) is 4. The average Bonchev–Trinajstić information content (AvgIpc) is 2.40. The van der Waals surface area contributed by atoms with Crippen LogP contribution in [0.15, 0.2) is 24.5 Å². The molecule has 1 saturated heterocycles. The van der Waals surface area contributed by atoms with E-state index in [0.29, 0.717) is 19.5 Å². The van der Waals surface area contributed by atoms with Gasteiger partial charge < -0.3 is 10.2 Å². The molecule has 2 heterocycles. The average molecular weight is 247 g/mol. The van der Waals surface area contributed by atoms with Crippen molar-refractivity contribution in [3.05, 3.63) is 30.1 Å². The summed E-state index contributed by atoms with van der Waals surface area (Å²) in [6.45, 7) is 3.40. The van der Waals surface area contributed by atoms with Crippen molar-refractivity contribution in [2.45, 2.75) is 19.4 Å². The smallest absolute Gasteiger partial charge is 0.227 e. The van der Waals surface area contributed by atoms with Crippen LogP contribution in [0.5, 0.6) is 0 Å². The van der Waals surface area contributed by atoms with Crippen molar-refractivity contribution in [1.82, 2.24) is 15.2 Å². The maximum atomic E-state index is 12.2. The highest BCUT2D eigenvalue weighted by Crippen LogP contribution is 2.08. The second kappa shape index (κ2) is 5.73. The molecule has 0 bridgehead atoms. The number of nitrogens with zero attached hydrogens (tertiary/aromatic N) is 2. The van der Waals surface area contributed by atoms with Crippen LogP contribution in [0.4, 0.5) is 0 Å². The van der Waals surface area contributed by atoms with E-state index in [1.54, 1.807) is 17.3 Å². The van der Waals surface area contributed by atoms with Gasteiger partial charge in [-0.2, -0.15) is 0 Å². The molecule has 1 aliphatic heterocycles. The summed E-state index contributed by atoms with van der Waals surface area (Å²) in [5.41, 5.74) is 0.878. The number of rotatable bonds is 3. The lowest BCUT2D eigenvalue weighted by molar-refractivity contribution is -0.139. The van der Waals surface area contributed by atoms with Gasteiger partial charge in [-0.3, -0.25) is 14.6 Å². The van der Waals surface area contributed by atoms with Crippen LogP contribution in [0.25, 0.3) is 0 Å². The Kier molecular flexibility index (Phi) is 4.04. The van der Waals surface area contributed by atoms with Crippen molar-refractivity contribution >= 4 is 11.7 Å². The van der Waals surface area contributed by atoms with Crippen LogP contribution in [0.1, 0.15) is 12.5 Å². The van der Waals surface area contributed by atoms with Gasteiger partial charge in [-0.1, -0.05) is 6.07 Å². The summed E-state index contributed by atoms with van der Waals surface area (Å²) < 4.78 is 0. The van der Waals surface area contributed by atoms with Crippen LogP contribution in [0.3, 0.4) is 0 Å². The fourth-order valence-corrected chi connectivity index (χ4v) is 2.14. The summed E-state index contributed by atoms with van der Waals surface area (Å²) in [5.74, 6) is 0.0198. The van der Waals surface area contributed by atoms with Gasteiger partial charge in [0.15, 0.2) is 5.78 Å². The first kappa shape index (κ1) is 12.7. The SMILES string of the molecule is CC(=O)C1CNCCN1C(=O)Cc1cccnc1. The number of nitrogens with one attached hydrogen (secondary N) is 1. The molecule has 0 aliphatic carbocycles. The summed E-state index contributed by atoms with van der Waals surface area (Å²) in [6, 6.07) is 3.35. The minimum Gasteiger partial charge on any atom is -0.330 e. The van der Waals surface area contributed by atoms with Gasteiger partial charge in [0.25, 0.3) is 0 Å². The largest absolute Gasteiger partial charge is 0.330 e. The van der Waals surface area contributed by atoms with Crippen LogP contribution in [-0.2, 0) is 16.0 Å². The Bertz CT molecular complexity index is 433. The van der Waals surface area contributed by atoms with Crippen molar-refractivity contribution in [2.75, 3.05) is 19.6 Å². The molecule has 0 radical (unpaired) electrons. The van der Waals surface area contributed by atoms with Crippen LogP contribution < -0.4 is 5.32 Å². The van der Waals surface area contributed by atoms with Crippen LogP contribution in [-0.4, -0.2) is 47.3 Å². The normalized spacial score (nSPS) is 19.6. The summed E-state index contributed by atoms with van der Waals surface area (Å²) in [4.78, 5) is 29.4. The predicted octanol–water partition coefficient (Wildman–Crippen LogP) is 0.0135. The van der Waals surface area contributed by atoms with E-state index in [2.05, 4.69) is 10.3 Å². The molecule has 0 saturated carbocycles. The number of Topliss-reactive ketones (excluding diaryl/α,β-unsaturated/α-hetero) is 1. The molecule has 1 N–H and O–H groups in total. The third-order valence-electron chi connectivity index (χ3n) is 3.11. The molecule has 1 aromatic heterocycles. The van der Waals surface area contributed by atoms with Gasteiger partial charge in [0.1, 0.15) is 6.04 Å². The summed E-state index contributed by atoms with van der Waals surface area (Å²) in [5, 5.41) is 3.14. The number of ketones is 1. The molecule has 1 atom stereocenters. The highest BCUT2D eigenvalue weighted by Gasteiger charge is 2.29. The molecular formula is C13H17N3O2. The summed E-state index contributed by atoms with van der Waals surface area (Å²) >= 11 is 0. The zero-order chi connectivity index (χ0) is 13.0. The first-order valence-corrected chi connectivity index (χ1v) is 6.08. The number of pyridine rings is 1. The second-order valence-electron chi connectivity index (χ2n) is 4.46. The monoisotopic (exact) mass is 247 g/mol. The Labute approximate surface area is 106 Å². The highest BCUT2D eigenvalue weighted by atomic mass is 16.2. The minimum atomic E-state index is -0.331. The van der Waals surface area contributed by atoms with Crippen LogP contribution >= 0.6 is 0 Å². The maximum absolute atomic E-state index is 12.2. The lowest BCUT2D eigenvalue weighted by atomic mass is 10.1. The van der Waals surface area contributed by atoms with Gasteiger partial charge >= 0.3 is 0 Å². The fraction of sp³-hybridized carbons (Fsp3) is 0.462. The third kappa shape index (κ3) is 2.92. The van der Waals surface area contributed by atoms with E-state index in [4.69, 9.17) is 0 Å². The number of amides is 1. The van der Waals surface area contributed by atoms with E-state index in [0.717, 1.165) is 12.1 Å². The van der Waals surface area contributed by atoms with Crippen molar-refractivity contribution in [2.24, 2.45) is 0 Å². The van der Waals surface area contributed by atoms with Crippen LogP contribution in [0.2, 0.25) is 0 Å². The molecule has 96 valence electrons. The van der Waals surface area contributed by atoms with Crippen molar-refractivity contribution < 1.29 is 9.59 Å². The van der Waals surface area contributed by atoms with E-state index < -0.39 is 0 Å². The van der Waals surface area contributed by atoms with Gasteiger partial charge in [0.2, 0.25) is 5.91 Å². The molecule has 18 heavy (non-hydrogen) atoms. The molecule has 5 heteroatoms. The molecule has 1 unspecified atom stereocenters. The topological polar surface area (TPSA) is 62.3 Å². The summed E-state index contributed by atoms with van der Waals surface area (Å²) in [7, 11) is 0. The lowest BCUT2D eigenvalue weighted by Gasteiger charge is -2.34. The lowest BCUT2D eigenvalue weighted by Crippen LogP contribution is -2.56. The molecule has 0 aromatic carbocycles. The van der Waals surface area contributed by atoms with Gasteiger partial charge in [-0.05, 0) is 18.6 Å². The molecular weight excluding hydrogens is 230 g/mol. The van der Waals surface area contributed by atoms with Crippen molar-refractivity contribution in [3.8, 4) is 0 Å². The number of aromatic nitrogens is 1. The molecule has 1 aromatic rings. The van der Waals surface area contributed by atoms with Gasteiger partial charge in [0, 0.05) is 32.0 Å². The van der Waals surface area contributed by atoms with E-state index >= 15 is 0 Å². The first-order chi connectivity index (χ1) is 8.68. The molecule has 0 spiro atoms. The molecule has 1 fully saturated rings. The number of carbonyl (C=O) groups is 2. The van der Waals surface area contributed by atoms with E-state index in [1.165, 1.54) is 6.92 Å². The Morgan fingerprint density at radius 1 is 1.56 bits per heavy atom. The van der Waals surface area contributed by atoms with Crippen molar-refractivity contribution in [1.29, 1.82) is 0 Å². The zero-order valence-corrected chi connectivity index (χ0v) is 10.4. The molecule has 2 rings (SSSR count). The van der Waals surface area contributed by atoms with Crippen LogP contribution in [0, 0.1) is 0 Å². The Hall–Kier alpha value is -1.75. The van der Waals surface area contributed by atoms with E-state index in [9.17, 15) is 9.59 Å².